The van der Waals surface area contributed by atoms with E-state index in [2.05, 4.69) is 10.4 Å². The molecule has 0 fully saturated rings. The van der Waals surface area contributed by atoms with Gasteiger partial charge >= 0.3 is 0 Å². The van der Waals surface area contributed by atoms with Crippen LogP contribution in [0.2, 0.25) is 5.02 Å². The van der Waals surface area contributed by atoms with Crippen molar-refractivity contribution in [3.8, 4) is 5.75 Å². The Labute approximate surface area is 165 Å². The molecule has 0 spiro atoms. The first-order valence-electron chi connectivity index (χ1n) is 8.40. The van der Waals surface area contributed by atoms with E-state index >= 15 is 0 Å². The van der Waals surface area contributed by atoms with Gasteiger partial charge in [0.05, 0.1) is 16.0 Å². The molecular weight excluding hydrogens is 384 g/mol. The van der Waals surface area contributed by atoms with Crippen LogP contribution in [0.25, 0.3) is 0 Å². The number of carbonyl (C=O) groups excluding carboxylic acids is 1. The van der Waals surface area contributed by atoms with Crippen LogP contribution in [-0.4, -0.2) is 20.6 Å². The minimum atomic E-state index is -0.537. The lowest BCUT2D eigenvalue weighted by atomic mass is 10.1. The van der Waals surface area contributed by atoms with Gasteiger partial charge in [-0.1, -0.05) is 41.9 Å². The van der Waals surface area contributed by atoms with E-state index < -0.39 is 4.92 Å². The molecule has 1 unspecified atom stereocenters. The maximum atomic E-state index is 12.4. The quantitative estimate of drug-likeness (QED) is 0.477. The third-order valence-electron chi connectivity index (χ3n) is 4.00. The van der Waals surface area contributed by atoms with E-state index in [0.717, 1.165) is 5.56 Å². The number of carbonyl (C=O) groups is 1. The van der Waals surface area contributed by atoms with Crippen LogP contribution in [0, 0.1) is 10.1 Å². The average molecular weight is 401 g/mol. The summed E-state index contributed by atoms with van der Waals surface area (Å²) < 4.78 is 6.95. The molecule has 2 aromatic carbocycles. The molecule has 9 heteroatoms. The van der Waals surface area contributed by atoms with E-state index in [4.69, 9.17) is 16.3 Å². The van der Waals surface area contributed by atoms with Crippen LogP contribution in [0.3, 0.4) is 0 Å². The Morgan fingerprint density at radius 3 is 2.71 bits per heavy atom. The van der Waals surface area contributed by atoms with Gasteiger partial charge in [-0.2, -0.15) is 5.10 Å². The van der Waals surface area contributed by atoms with E-state index in [-0.39, 0.29) is 40.8 Å². The van der Waals surface area contributed by atoms with Gasteiger partial charge in [0, 0.05) is 18.3 Å². The SMILES string of the molecule is CC(NC(=O)c1ccn(COc2ccc([N+](=O)[O-])cc2Cl)n1)c1ccccc1. The highest BCUT2D eigenvalue weighted by Crippen LogP contribution is 2.28. The Balaban J connectivity index is 1.59. The van der Waals surface area contributed by atoms with E-state index in [1.54, 1.807) is 12.3 Å². The Hall–Kier alpha value is -3.39. The number of nitro groups is 1. The van der Waals surface area contributed by atoms with Gasteiger partial charge in [-0.15, -0.1) is 0 Å². The summed E-state index contributed by atoms with van der Waals surface area (Å²) in [7, 11) is 0. The highest BCUT2D eigenvalue weighted by molar-refractivity contribution is 6.32. The molecule has 1 heterocycles. The van der Waals surface area contributed by atoms with Gasteiger partial charge in [0.25, 0.3) is 11.6 Å². The number of hydrogen-bond donors (Lipinski definition) is 1. The summed E-state index contributed by atoms with van der Waals surface area (Å²) in [6.07, 6.45) is 1.60. The number of nitrogens with one attached hydrogen (secondary N) is 1. The normalized spacial score (nSPS) is 11.6. The lowest BCUT2D eigenvalue weighted by Gasteiger charge is -2.13. The molecule has 144 valence electrons. The van der Waals surface area contributed by atoms with Gasteiger partial charge in [-0.3, -0.25) is 14.9 Å². The lowest BCUT2D eigenvalue weighted by Crippen LogP contribution is -2.27. The van der Waals surface area contributed by atoms with Gasteiger partial charge < -0.3 is 10.1 Å². The second-order valence-electron chi connectivity index (χ2n) is 5.99. The van der Waals surface area contributed by atoms with Crippen LogP contribution in [-0.2, 0) is 6.73 Å². The van der Waals surface area contributed by atoms with Crippen LogP contribution in [0.15, 0.2) is 60.8 Å². The third-order valence-corrected chi connectivity index (χ3v) is 4.29. The lowest BCUT2D eigenvalue weighted by molar-refractivity contribution is -0.384. The maximum Gasteiger partial charge on any atom is 0.272 e. The molecule has 0 aliphatic heterocycles. The standard InChI is InChI=1S/C19H17ClN4O4/c1-13(14-5-3-2-4-6-14)21-19(25)17-9-10-23(22-17)12-28-18-8-7-15(24(26)27)11-16(18)20/h2-11,13H,12H2,1H3,(H,21,25). The summed E-state index contributed by atoms with van der Waals surface area (Å²) in [4.78, 5) is 22.6. The summed E-state index contributed by atoms with van der Waals surface area (Å²) in [5.41, 5.74) is 1.12. The number of rotatable bonds is 7. The molecule has 28 heavy (non-hydrogen) atoms. The Bertz CT molecular complexity index is 991. The molecule has 3 rings (SSSR count). The number of aromatic nitrogens is 2. The zero-order valence-electron chi connectivity index (χ0n) is 14.9. The molecule has 0 bridgehead atoms. The number of nitrogens with zero attached hydrogens (tertiary/aromatic N) is 3. The minimum Gasteiger partial charge on any atom is -0.470 e. The van der Waals surface area contributed by atoms with Gasteiger partial charge in [0.2, 0.25) is 0 Å². The van der Waals surface area contributed by atoms with Crippen molar-refractivity contribution in [1.29, 1.82) is 0 Å². The van der Waals surface area contributed by atoms with Crippen LogP contribution >= 0.6 is 11.6 Å². The van der Waals surface area contributed by atoms with Gasteiger partial charge in [-0.05, 0) is 24.6 Å². The van der Waals surface area contributed by atoms with Crippen LogP contribution in [0.4, 0.5) is 5.69 Å². The molecule has 1 N–H and O–H groups in total. The van der Waals surface area contributed by atoms with Crippen molar-refractivity contribution in [3.63, 3.8) is 0 Å². The minimum absolute atomic E-state index is 0.000943. The largest absolute Gasteiger partial charge is 0.470 e. The van der Waals surface area contributed by atoms with E-state index in [9.17, 15) is 14.9 Å². The molecule has 1 aromatic heterocycles. The topological polar surface area (TPSA) is 99.3 Å². The number of hydrogen-bond acceptors (Lipinski definition) is 5. The van der Waals surface area contributed by atoms with Crippen LogP contribution in [0.1, 0.15) is 29.0 Å². The van der Waals surface area contributed by atoms with Gasteiger partial charge in [-0.25, -0.2) is 4.68 Å². The molecule has 8 nitrogen and oxygen atoms in total. The first kappa shape index (κ1) is 19.4. The van der Waals surface area contributed by atoms with E-state index in [0.29, 0.717) is 0 Å². The number of non-ortho nitro benzene ring substituents is 1. The van der Waals surface area contributed by atoms with E-state index in [1.807, 2.05) is 37.3 Å². The van der Waals surface area contributed by atoms with Crippen molar-refractivity contribution in [1.82, 2.24) is 15.1 Å². The van der Waals surface area contributed by atoms with Gasteiger partial charge in [0.15, 0.2) is 6.73 Å². The summed E-state index contributed by atoms with van der Waals surface area (Å²) in [6.45, 7) is 1.89. The molecule has 0 saturated carbocycles. The maximum absolute atomic E-state index is 12.4. The predicted octanol–water partition coefficient (Wildman–Crippen LogP) is 3.97. The first-order chi connectivity index (χ1) is 13.4. The fourth-order valence-corrected chi connectivity index (χ4v) is 2.74. The van der Waals surface area contributed by atoms with Crippen molar-refractivity contribution < 1.29 is 14.5 Å². The Kier molecular flexibility index (Phi) is 5.90. The molecule has 1 amide bonds. The molecular formula is C19H17ClN4O4. The van der Waals surface area contributed by atoms with Crippen molar-refractivity contribution in [2.24, 2.45) is 0 Å². The van der Waals surface area contributed by atoms with Gasteiger partial charge in [0.1, 0.15) is 11.4 Å². The third kappa shape index (κ3) is 4.66. The first-order valence-corrected chi connectivity index (χ1v) is 8.78. The molecule has 0 aliphatic rings. The second-order valence-corrected chi connectivity index (χ2v) is 6.40. The molecule has 3 aromatic rings. The predicted molar refractivity (Wildman–Crippen MR) is 103 cm³/mol. The number of amides is 1. The number of nitro benzene ring substituents is 1. The van der Waals surface area contributed by atoms with Crippen molar-refractivity contribution in [3.05, 3.63) is 87.2 Å². The highest BCUT2D eigenvalue weighted by atomic mass is 35.5. The Morgan fingerprint density at radius 2 is 2.04 bits per heavy atom. The molecule has 0 saturated heterocycles. The average Bonchev–Trinajstić information content (AvgIpc) is 3.16. The highest BCUT2D eigenvalue weighted by Gasteiger charge is 2.14. The molecule has 1 atom stereocenters. The van der Waals surface area contributed by atoms with Crippen molar-refractivity contribution in [2.75, 3.05) is 0 Å². The number of benzene rings is 2. The van der Waals surface area contributed by atoms with E-state index in [1.165, 1.54) is 22.9 Å². The summed E-state index contributed by atoms with van der Waals surface area (Å²) >= 11 is 5.99. The van der Waals surface area contributed by atoms with Crippen molar-refractivity contribution in [2.45, 2.75) is 19.7 Å². The number of ether oxygens (including phenoxy) is 1. The van der Waals surface area contributed by atoms with Crippen molar-refractivity contribution >= 4 is 23.2 Å². The fraction of sp³-hybridized carbons (Fsp3) is 0.158. The zero-order chi connectivity index (χ0) is 20.1. The summed E-state index contributed by atoms with van der Waals surface area (Å²) in [5, 5.41) is 17.9. The summed E-state index contributed by atoms with van der Waals surface area (Å²) in [5.74, 6) is -0.0186. The monoisotopic (exact) mass is 400 g/mol. The summed E-state index contributed by atoms with van der Waals surface area (Å²) in [6, 6.07) is 15.0. The van der Waals surface area contributed by atoms with Crippen LogP contribution in [0.5, 0.6) is 5.75 Å². The number of halogens is 1. The zero-order valence-corrected chi connectivity index (χ0v) is 15.7. The molecule has 0 aliphatic carbocycles. The fourth-order valence-electron chi connectivity index (χ4n) is 2.51. The molecule has 0 radical (unpaired) electrons. The second kappa shape index (κ2) is 8.53. The Morgan fingerprint density at radius 1 is 1.29 bits per heavy atom. The smallest absolute Gasteiger partial charge is 0.272 e. The van der Waals surface area contributed by atoms with Crippen LogP contribution < -0.4 is 10.1 Å².